The minimum absolute atomic E-state index is 0.312. The second kappa shape index (κ2) is 3.57. The van der Waals surface area contributed by atoms with Gasteiger partial charge in [-0.05, 0) is 43.5 Å². The number of benzene rings is 1. The molecular formula is C12H13NO2S. The maximum Gasteiger partial charge on any atom is 0.335 e. The third-order valence-electron chi connectivity index (χ3n) is 2.40. The smallest absolute Gasteiger partial charge is 0.335 e. The monoisotopic (exact) mass is 235 g/mol. The lowest BCUT2D eigenvalue weighted by Gasteiger charge is -2.15. The molecule has 0 amide bonds. The van der Waals surface area contributed by atoms with E-state index in [4.69, 9.17) is 10.8 Å². The van der Waals surface area contributed by atoms with E-state index in [9.17, 15) is 4.79 Å². The molecule has 0 aliphatic carbocycles. The SMILES string of the molecule is CC(C)(N)c1cc2cc(C(=O)O)ccc2s1. The lowest BCUT2D eigenvalue weighted by Crippen LogP contribution is -2.27. The Hall–Kier alpha value is -1.39. The Bertz CT molecular complexity index is 552. The molecular weight excluding hydrogens is 222 g/mol. The van der Waals surface area contributed by atoms with E-state index >= 15 is 0 Å². The van der Waals surface area contributed by atoms with Gasteiger partial charge < -0.3 is 10.8 Å². The average Bonchev–Trinajstić information content (AvgIpc) is 2.58. The number of rotatable bonds is 2. The lowest BCUT2D eigenvalue weighted by atomic mass is 10.0. The zero-order chi connectivity index (χ0) is 11.9. The summed E-state index contributed by atoms with van der Waals surface area (Å²) >= 11 is 1.61. The summed E-state index contributed by atoms with van der Waals surface area (Å²) in [4.78, 5) is 11.9. The topological polar surface area (TPSA) is 63.3 Å². The van der Waals surface area contributed by atoms with Crippen LogP contribution in [0.3, 0.4) is 0 Å². The van der Waals surface area contributed by atoms with Crippen LogP contribution in [0.15, 0.2) is 24.3 Å². The van der Waals surface area contributed by atoms with Crippen LogP contribution in [0, 0.1) is 0 Å². The number of nitrogens with two attached hydrogens (primary N) is 1. The fourth-order valence-electron chi connectivity index (χ4n) is 1.49. The molecule has 0 fully saturated rings. The van der Waals surface area contributed by atoms with Gasteiger partial charge in [0.25, 0.3) is 0 Å². The minimum atomic E-state index is -0.901. The number of thiophene rings is 1. The fourth-order valence-corrected chi connectivity index (χ4v) is 2.55. The zero-order valence-corrected chi connectivity index (χ0v) is 9.97. The summed E-state index contributed by atoms with van der Waals surface area (Å²) in [5.74, 6) is -0.901. The maximum atomic E-state index is 10.8. The van der Waals surface area contributed by atoms with Gasteiger partial charge in [-0.3, -0.25) is 0 Å². The predicted molar refractivity (Wildman–Crippen MR) is 66.0 cm³/mol. The number of hydrogen-bond donors (Lipinski definition) is 2. The van der Waals surface area contributed by atoms with Crippen molar-refractivity contribution in [2.24, 2.45) is 5.73 Å². The molecule has 0 bridgehead atoms. The molecule has 0 saturated carbocycles. The van der Waals surface area contributed by atoms with Gasteiger partial charge in [0.15, 0.2) is 0 Å². The van der Waals surface area contributed by atoms with Crippen molar-refractivity contribution >= 4 is 27.4 Å². The van der Waals surface area contributed by atoms with Crippen LogP contribution in [-0.2, 0) is 5.54 Å². The third kappa shape index (κ3) is 1.94. The Morgan fingerprint density at radius 1 is 1.38 bits per heavy atom. The van der Waals surface area contributed by atoms with Crippen molar-refractivity contribution in [3.63, 3.8) is 0 Å². The zero-order valence-electron chi connectivity index (χ0n) is 9.15. The molecule has 1 aromatic carbocycles. The van der Waals surface area contributed by atoms with Crippen LogP contribution in [-0.4, -0.2) is 11.1 Å². The third-order valence-corrected chi connectivity index (χ3v) is 3.85. The molecule has 2 aromatic rings. The van der Waals surface area contributed by atoms with E-state index in [2.05, 4.69) is 0 Å². The van der Waals surface area contributed by atoms with Gasteiger partial charge in [0, 0.05) is 15.1 Å². The molecule has 0 aliphatic heterocycles. The quantitative estimate of drug-likeness (QED) is 0.841. The molecule has 0 radical (unpaired) electrons. The van der Waals surface area contributed by atoms with Gasteiger partial charge in [0.1, 0.15) is 0 Å². The molecule has 3 nitrogen and oxygen atoms in total. The predicted octanol–water partition coefficient (Wildman–Crippen LogP) is 2.79. The van der Waals surface area contributed by atoms with Gasteiger partial charge in [-0.15, -0.1) is 11.3 Å². The van der Waals surface area contributed by atoms with Crippen molar-refractivity contribution in [3.8, 4) is 0 Å². The highest BCUT2D eigenvalue weighted by Gasteiger charge is 2.17. The average molecular weight is 235 g/mol. The number of fused-ring (bicyclic) bond motifs is 1. The minimum Gasteiger partial charge on any atom is -0.478 e. The van der Waals surface area contributed by atoms with Gasteiger partial charge >= 0.3 is 5.97 Å². The van der Waals surface area contributed by atoms with Crippen LogP contribution in [0.25, 0.3) is 10.1 Å². The lowest BCUT2D eigenvalue weighted by molar-refractivity contribution is 0.0697. The summed E-state index contributed by atoms with van der Waals surface area (Å²) in [6, 6.07) is 7.10. The van der Waals surface area contributed by atoms with Crippen molar-refractivity contribution in [2.75, 3.05) is 0 Å². The van der Waals surface area contributed by atoms with Crippen molar-refractivity contribution in [1.82, 2.24) is 0 Å². The van der Waals surface area contributed by atoms with Crippen molar-refractivity contribution in [2.45, 2.75) is 19.4 Å². The molecule has 2 rings (SSSR count). The number of aromatic carboxylic acids is 1. The van der Waals surface area contributed by atoms with Gasteiger partial charge in [-0.1, -0.05) is 0 Å². The largest absolute Gasteiger partial charge is 0.478 e. The number of carboxylic acid groups (broad SMARTS) is 1. The van der Waals surface area contributed by atoms with E-state index in [1.165, 1.54) is 0 Å². The second-order valence-electron chi connectivity index (χ2n) is 4.39. The Balaban J connectivity index is 2.59. The van der Waals surface area contributed by atoms with Crippen LogP contribution in [0.5, 0.6) is 0 Å². The van der Waals surface area contributed by atoms with Gasteiger partial charge in [0.05, 0.1) is 5.56 Å². The molecule has 0 saturated heterocycles. The van der Waals surface area contributed by atoms with Gasteiger partial charge in [-0.25, -0.2) is 4.79 Å². The van der Waals surface area contributed by atoms with Crippen molar-refractivity contribution in [3.05, 3.63) is 34.7 Å². The van der Waals surface area contributed by atoms with Gasteiger partial charge in [-0.2, -0.15) is 0 Å². The molecule has 0 unspecified atom stereocenters. The summed E-state index contributed by atoms with van der Waals surface area (Å²) < 4.78 is 1.07. The summed E-state index contributed by atoms with van der Waals surface area (Å²) in [7, 11) is 0. The van der Waals surface area contributed by atoms with Gasteiger partial charge in [0.2, 0.25) is 0 Å². The van der Waals surface area contributed by atoms with Crippen LogP contribution in [0.4, 0.5) is 0 Å². The first-order chi connectivity index (χ1) is 7.38. The Labute approximate surface area is 97.5 Å². The molecule has 1 aromatic heterocycles. The van der Waals surface area contributed by atoms with E-state index in [1.54, 1.807) is 23.5 Å². The summed E-state index contributed by atoms with van der Waals surface area (Å²) in [6.45, 7) is 3.88. The first kappa shape index (κ1) is 11.1. The highest BCUT2D eigenvalue weighted by atomic mass is 32.1. The van der Waals surface area contributed by atoms with Crippen molar-refractivity contribution < 1.29 is 9.90 Å². The Morgan fingerprint density at radius 2 is 2.06 bits per heavy atom. The molecule has 0 spiro atoms. The molecule has 0 atom stereocenters. The summed E-state index contributed by atoms with van der Waals surface area (Å²) in [5, 5.41) is 9.83. The fraction of sp³-hybridized carbons (Fsp3) is 0.250. The van der Waals surface area contributed by atoms with E-state index in [1.807, 2.05) is 26.0 Å². The first-order valence-corrected chi connectivity index (χ1v) is 5.76. The Morgan fingerprint density at radius 3 is 2.62 bits per heavy atom. The maximum absolute atomic E-state index is 10.8. The molecule has 3 N–H and O–H groups in total. The van der Waals surface area contributed by atoms with Crippen LogP contribution in [0.1, 0.15) is 29.1 Å². The highest BCUT2D eigenvalue weighted by Crippen LogP contribution is 2.32. The number of hydrogen-bond acceptors (Lipinski definition) is 3. The molecule has 4 heteroatoms. The summed E-state index contributed by atoms with van der Waals surface area (Å²) in [6.07, 6.45) is 0. The molecule has 16 heavy (non-hydrogen) atoms. The van der Waals surface area contributed by atoms with E-state index in [0.29, 0.717) is 5.56 Å². The van der Waals surface area contributed by atoms with E-state index < -0.39 is 5.97 Å². The molecule has 84 valence electrons. The van der Waals surface area contributed by atoms with E-state index in [-0.39, 0.29) is 5.54 Å². The molecule has 0 aliphatic rings. The highest BCUT2D eigenvalue weighted by molar-refractivity contribution is 7.19. The van der Waals surface area contributed by atoms with Crippen LogP contribution in [0.2, 0.25) is 0 Å². The van der Waals surface area contributed by atoms with Crippen LogP contribution >= 0.6 is 11.3 Å². The number of carboxylic acids is 1. The second-order valence-corrected chi connectivity index (χ2v) is 5.47. The van der Waals surface area contributed by atoms with E-state index in [0.717, 1.165) is 15.0 Å². The normalized spacial score (nSPS) is 11.9. The number of carbonyl (C=O) groups is 1. The van der Waals surface area contributed by atoms with Crippen molar-refractivity contribution in [1.29, 1.82) is 0 Å². The summed E-state index contributed by atoms with van der Waals surface area (Å²) in [5.41, 5.74) is 5.94. The standard InChI is InChI=1S/C12H13NO2S/c1-12(2,13)10-6-8-5-7(11(14)15)3-4-9(8)16-10/h3-6H,13H2,1-2H3,(H,14,15). The first-order valence-electron chi connectivity index (χ1n) is 4.94. The molecule has 1 heterocycles. The Kier molecular flexibility index (Phi) is 2.48. The van der Waals surface area contributed by atoms with Crippen LogP contribution < -0.4 is 5.73 Å².